The van der Waals surface area contributed by atoms with E-state index in [2.05, 4.69) is 0 Å². The van der Waals surface area contributed by atoms with Crippen molar-refractivity contribution in [2.75, 3.05) is 25.2 Å². The van der Waals surface area contributed by atoms with Gasteiger partial charge >= 0.3 is 5.97 Å². The smallest absolute Gasteiger partial charge is 0.325 e. The molecule has 104 valence electrons. The van der Waals surface area contributed by atoms with Gasteiger partial charge in [0.25, 0.3) is 0 Å². The zero-order valence-corrected chi connectivity index (χ0v) is 12.1. The molecule has 0 radical (unpaired) electrons. The zero-order valence-electron chi connectivity index (χ0n) is 11.3. The van der Waals surface area contributed by atoms with Gasteiger partial charge in [-0.15, -0.1) is 0 Å². The maximum atomic E-state index is 12.0. The lowest BCUT2D eigenvalue weighted by molar-refractivity contribution is -0.148. The molecule has 0 spiro atoms. The highest BCUT2D eigenvalue weighted by Gasteiger charge is 2.17. The Kier molecular flexibility index (Phi) is 7.03. The lowest BCUT2D eigenvalue weighted by Crippen LogP contribution is -2.37. The molecule has 0 bridgehead atoms. The number of amides is 1. The Morgan fingerprint density at radius 1 is 1.26 bits per heavy atom. The Hall–Kier alpha value is -1.49. The molecule has 1 aromatic rings. The second kappa shape index (κ2) is 8.58. The molecule has 0 N–H and O–H groups in total. The Labute approximate surface area is 118 Å². The third kappa shape index (κ3) is 5.79. The maximum absolute atomic E-state index is 12.0. The molecule has 0 heterocycles. The number of hydrogen-bond acceptors (Lipinski definition) is 4. The summed E-state index contributed by atoms with van der Waals surface area (Å²) in [6.07, 6.45) is 1.86. The van der Waals surface area contributed by atoms with Gasteiger partial charge < -0.3 is 9.64 Å². The number of rotatable bonds is 7. The molecule has 0 fully saturated rings. The summed E-state index contributed by atoms with van der Waals surface area (Å²) in [4.78, 5) is 25.0. The molecule has 0 aliphatic heterocycles. The van der Waals surface area contributed by atoms with Crippen LogP contribution < -0.4 is 0 Å². The van der Waals surface area contributed by atoms with Gasteiger partial charge in [-0.3, -0.25) is 9.59 Å². The van der Waals surface area contributed by atoms with Crippen molar-refractivity contribution < 1.29 is 14.3 Å². The van der Waals surface area contributed by atoms with Gasteiger partial charge in [-0.05, 0) is 18.7 Å². The standard InChI is InChI=1S/C14H19NO3S/c1-3-18-14(17)10-15(13(16)11-19-2)9-12-7-5-4-6-8-12/h4-8H,3,9-11H2,1-2H3. The van der Waals surface area contributed by atoms with Crippen LogP contribution in [-0.2, 0) is 20.9 Å². The number of nitrogens with zero attached hydrogens (tertiary/aromatic N) is 1. The molecule has 0 unspecified atom stereocenters. The predicted molar refractivity (Wildman–Crippen MR) is 76.9 cm³/mol. The van der Waals surface area contributed by atoms with Crippen molar-refractivity contribution in [3.63, 3.8) is 0 Å². The predicted octanol–water partition coefficient (Wildman–Crippen LogP) is 1.94. The van der Waals surface area contributed by atoms with Gasteiger partial charge in [0.2, 0.25) is 5.91 Å². The molecular weight excluding hydrogens is 262 g/mol. The van der Waals surface area contributed by atoms with Crippen molar-refractivity contribution in [1.82, 2.24) is 4.90 Å². The second-order valence-electron chi connectivity index (χ2n) is 3.97. The first-order valence-corrected chi connectivity index (χ1v) is 7.53. The first-order valence-electron chi connectivity index (χ1n) is 6.13. The first-order chi connectivity index (χ1) is 9.17. The van der Waals surface area contributed by atoms with E-state index in [0.717, 1.165) is 5.56 Å². The quantitative estimate of drug-likeness (QED) is 0.717. The first kappa shape index (κ1) is 15.6. The SMILES string of the molecule is CCOC(=O)CN(Cc1ccccc1)C(=O)CSC. The highest BCUT2D eigenvalue weighted by molar-refractivity contribution is 7.99. The Morgan fingerprint density at radius 2 is 1.95 bits per heavy atom. The molecule has 0 aromatic heterocycles. The molecule has 4 nitrogen and oxygen atoms in total. The molecular formula is C14H19NO3S. The maximum Gasteiger partial charge on any atom is 0.325 e. The van der Waals surface area contributed by atoms with Crippen molar-refractivity contribution in [1.29, 1.82) is 0 Å². The van der Waals surface area contributed by atoms with E-state index >= 15 is 0 Å². The van der Waals surface area contributed by atoms with Crippen LogP contribution in [0.25, 0.3) is 0 Å². The number of thioether (sulfide) groups is 1. The Bertz CT molecular complexity index is 408. The van der Waals surface area contributed by atoms with Gasteiger partial charge in [0.15, 0.2) is 0 Å². The van der Waals surface area contributed by atoms with Gasteiger partial charge in [0.1, 0.15) is 6.54 Å². The molecule has 0 saturated carbocycles. The van der Waals surface area contributed by atoms with Crippen molar-refractivity contribution in [3.05, 3.63) is 35.9 Å². The normalized spacial score (nSPS) is 10.0. The summed E-state index contributed by atoms with van der Waals surface area (Å²) >= 11 is 1.45. The highest BCUT2D eigenvalue weighted by atomic mass is 32.2. The van der Waals surface area contributed by atoms with E-state index in [9.17, 15) is 9.59 Å². The minimum Gasteiger partial charge on any atom is -0.465 e. The Morgan fingerprint density at radius 3 is 2.53 bits per heavy atom. The van der Waals surface area contributed by atoms with Crippen molar-refractivity contribution in [2.24, 2.45) is 0 Å². The number of ether oxygens (including phenoxy) is 1. The van der Waals surface area contributed by atoms with Crippen LogP contribution in [0.3, 0.4) is 0 Å². The number of benzene rings is 1. The largest absolute Gasteiger partial charge is 0.465 e. The fourth-order valence-electron chi connectivity index (χ4n) is 1.61. The lowest BCUT2D eigenvalue weighted by atomic mass is 10.2. The summed E-state index contributed by atoms with van der Waals surface area (Å²) in [7, 11) is 0. The number of carbonyl (C=O) groups excluding carboxylic acids is 2. The minimum atomic E-state index is -0.368. The van der Waals surface area contributed by atoms with Crippen LogP contribution in [0.4, 0.5) is 0 Å². The summed E-state index contributed by atoms with van der Waals surface area (Å²) in [5.74, 6) is -0.0519. The third-order valence-corrected chi connectivity index (χ3v) is 3.00. The zero-order chi connectivity index (χ0) is 14.1. The molecule has 5 heteroatoms. The van der Waals surface area contributed by atoms with Crippen LogP contribution in [-0.4, -0.2) is 41.9 Å². The monoisotopic (exact) mass is 281 g/mol. The molecule has 0 saturated heterocycles. The van der Waals surface area contributed by atoms with Gasteiger partial charge in [-0.2, -0.15) is 11.8 Å². The lowest BCUT2D eigenvalue weighted by Gasteiger charge is -2.21. The third-order valence-electron chi connectivity index (χ3n) is 2.46. The average molecular weight is 281 g/mol. The number of carbonyl (C=O) groups is 2. The second-order valence-corrected chi connectivity index (χ2v) is 4.84. The number of esters is 1. The van der Waals surface area contributed by atoms with Crippen LogP contribution >= 0.6 is 11.8 Å². The molecule has 1 aromatic carbocycles. The van der Waals surface area contributed by atoms with E-state index in [-0.39, 0.29) is 18.4 Å². The summed E-state index contributed by atoms with van der Waals surface area (Å²) in [5, 5.41) is 0. The van der Waals surface area contributed by atoms with E-state index in [0.29, 0.717) is 18.9 Å². The van der Waals surface area contributed by atoms with Gasteiger partial charge in [0.05, 0.1) is 12.4 Å². The molecule has 0 atom stereocenters. The van der Waals surface area contributed by atoms with E-state index in [1.54, 1.807) is 6.92 Å². The molecule has 0 aliphatic rings. The van der Waals surface area contributed by atoms with E-state index < -0.39 is 0 Å². The number of hydrogen-bond donors (Lipinski definition) is 0. The van der Waals surface area contributed by atoms with Gasteiger partial charge in [-0.25, -0.2) is 0 Å². The minimum absolute atomic E-state index is 0.00211. The summed E-state index contributed by atoms with van der Waals surface area (Å²) in [5.41, 5.74) is 1.00. The van der Waals surface area contributed by atoms with Crippen LogP contribution in [0.5, 0.6) is 0 Å². The van der Waals surface area contributed by atoms with Crippen molar-refractivity contribution in [3.8, 4) is 0 Å². The Balaban J connectivity index is 2.69. The fourth-order valence-corrected chi connectivity index (χ4v) is 2.04. The molecule has 19 heavy (non-hydrogen) atoms. The molecule has 1 amide bonds. The van der Waals surface area contributed by atoms with Gasteiger partial charge in [0, 0.05) is 6.54 Å². The average Bonchev–Trinajstić information content (AvgIpc) is 2.40. The summed E-state index contributed by atoms with van der Waals surface area (Å²) in [6, 6.07) is 9.62. The van der Waals surface area contributed by atoms with Crippen LogP contribution in [0.1, 0.15) is 12.5 Å². The molecule has 1 rings (SSSR count). The van der Waals surface area contributed by atoms with Crippen molar-refractivity contribution in [2.45, 2.75) is 13.5 Å². The van der Waals surface area contributed by atoms with Gasteiger partial charge in [-0.1, -0.05) is 30.3 Å². The van der Waals surface area contributed by atoms with Crippen LogP contribution in [0.2, 0.25) is 0 Å². The van der Waals surface area contributed by atoms with E-state index in [4.69, 9.17) is 4.74 Å². The summed E-state index contributed by atoms with van der Waals surface area (Å²) in [6.45, 7) is 2.51. The summed E-state index contributed by atoms with van der Waals surface area (Å²) < 4.78 is 4.90. The molecule has 0 aliphatic carbocycles. The van der Waals surface area contributed by atoms with Crippen molar-refractivity contribution >= 4 is 23.6 Å². The highest BCUT2D eigenvalue weighted by Crippen LogP contribution is 2.07. The van der Waals surface area contributed by atoms with E-state index in [1.807, 2.05) is 36.6 Å². The van der Waals surface area contributed by atoms with E-state index in [1.165, 1.54) is 16.7 Å². The fraction of sp³-hybridized carbons (Fsp3) is 0.429. The van der Waals surface area contributed by atoms with Crippen LogP contribution in [0, 0.1) is 0 Å². The van der Waals surface area contributed by atoms with Crippen LogP contribution in [0.15, 0.2) is 30.3 Å². The topological polar surface area (TPSA) is 46.6 Å².